The van der Waals surface area contributed by atoms with E-state index >= 15 is 0 Å². The largest absolute Gasteiger partial charge is 0.330 e. The van der Waals surface area contributed by atoms with E-state index in [-0.39, 0.29) is 0 Å². The Morgan fingerprint density at radius 1 is 0.792 bits per heavy atom. The third kappa shape index (κ3) is 4.24. The first-order valence-electron chi connectivity index (χ1n) is 9.06. The lowest BCUT2D eigenvalue weighted by Crippen LogP contribution is -2.06. The molecule has 24 heavy (non-hydrogen) atoms. The van der Waals surface area contributed by atoms with Gasteiger partial charge in [-0.25, -0.2) is 4.98 Å². The van der Waals surface area contributed by atoms with E-state index in [9.17, 15) is 0 Å². The number of hydrogen-bond donors (Lipinski definition) is 1. The van der Waals surface area contributed by atoms with Crippen molar-refractivity contribution in [2.45, 2.75) is 45.1 Å². The zero-order valence-corrected chi connectivity index (χ0v) is 14.3. The molecule has 0 bridgehead atoms. The van der Waals surface area contributed by atoms with Gasteiger partial charge in [-0.3, -0.25) is 0 Å². The predicted molar refractivity (Wildman–Crippen MR) is 101 cm³/mol. The highest BCUT2D eigenvalue weighted by atomic mass is 15.1. The van der Waals surface area contributed by atoms with E-state index in [0.717, 1.165) is 44.3 Å². The van der Waals surface area contributed by atoms with Gasteiger partial charge in [0.25, 0.3) is 0 Å². The molecule has 2 N–H and O–H groups in total. The average Bonchev–Trinajstić information content (AvgIpc) is 2.97. The van der Waals surface area contributed by atoms with Gasteiger partial charge in [-0.1, -0.05) is 48.9 Å². The van der Waals surface area contributed by atoms with E-state index in [4.69, 9.17) is 10.7 Å². The van der Waals surface area contributed by atoms with Crippen LogP contribution in [0.3, 0.4) is 0 Å². The Morgan fingerprint density at radius 3 is 2.42 bits per heavy atom. The number of aryl methyl sites for hydroxylation is 3. The van der Waals surface area contributed by atoms with E-state index in [1.165, 1.54) is 29.7 Å². The highest BCUT2D eigenvalue weighted by molar-refractivity contribution is 5.75. The third-order valence-electron chi connectivity index (χ3n) is 4.53. The average molecular weight is 321 g/mol. The standard InChI is InChI=1S/C21H27N3/c22-16-8-2-5-15-21-23-19-13-6-7-14-20(19)24(21)17-9-12-18-10-3-1-4-11-18/h1,3-4,6-7,10-11,13-14H,2,5,8-9,12,15-17,22H2. The molecule has 3 nitrogen and oxygen atoms in total. The lowest BCUT2D eigenvalue weighted by atomic mass is 10.1. The molecule has 0 aliphatic rings. The van der Waals surface area contributed by atoms with Crippen LogP contribution in [0.15, 0.2) is 54.6 Å². The summed E-state index contributed by atoms with van der Waals surface area (Å²) in [6.07, 6.45) is 6.75. The van der Waals surface area contributed by atoms with Crippen molar-refractivity contribution in [2.24, 2.45) is 5.73 Å². The number of para-hydroxylation sites is 2. The predicted octanol–water partition coefficient (Wildman–Crippen LogP) is 4.34. The van der Waals surface area contributed by atoms with Gasteiger partial charge in [-0.2, -0.15) is 0 Å². The summed E-state index contributed by atoms with van der Waals surface area (Å²) in [5.74, 6) is 1.22. The molecule has 3 heteroatoms. The van der Waals surface area contributed by atoms with Gasteiger partial charge >= 0.3 is 0 Å². The van der Waals surface area contributed by atoms with Gasteiger partial charge in [0, 0.05) is 13.0 Å². The van der Waals surface area contributed by atoms with Crippen LogP contribution in [0.25, 0.3) is 11.0 Å². The van der Waals surface area contributed by atoms with Gasteiger partial charge in [-0.15, -0.1) is 0 Å². The first-order chi connectivity index (χ1) is 11.9. The maximum Gasteiger partial charge on any atom is 0.109 e. The van der Waals surface area contributed by atoms with Crippen LogP contribution in [0.5, 0.6) is 0 Å². The maximum atomic E-state index is 5.60. The van der Waals surface area contributed by atoms with Gasteiger partial charge in [0.2, 0.25) is 0 Å². The number of hydrogen-bond acceptors (Lipinski definition) is 2. The third-order valence-corrected chi connectivity index (χ3v) is 4.53. The van der Waals surface area contributed by atoms with Crippen molar-refractivity contribution in [3.05, 3.63) is 66.0 Å². The number of benzene rings is 2. The fourth-order valence-electron chi connectivity index (χ4n) is 3.26. The molecule has 0 atom stereocenters. The van der Waals surface area contributed by atoms with Crippen LogP contribution >= 0.6 is 0 Å². The Kier molecular flexibility index (Phi) is 6.02. The Balaban J connectivity index is 1.69. The topological polar surface area (TPSA) is 43.8 Å². The molecule has 0 amide bonds. The number of nitrogens with zero attached hydrogens (tertiary/aromatic N) is 2. The van der Waals surface area contributed by atoms with Crippen LogP contribution in [-0.4, -0.2) is 16.1 Å². The smallest absolute Gasteiger partial charge is 0.109 e. The molecule has 0 spiro atoms. The van der Waals surface area contributed by atoms with Crippen molar-refractivity contribution >= 4 is 11.0 Å². The summed E-state index contributed by atoms with van der Waals surface area (Å²) < 4.78 is 2.42. The van der Waals surface area contributed by atoms with Crippen molar-refractivity contribution in [1.29, 1.82) is 0 Å². The molecule has 0 aliphatic heterocycles. The molecule has 0 saturated carbocycles. The Labute approximate surface area is 144 Å². The molecule has 126 valence electrons. The summed E-state index contributed by atoms with van der Waals surface area (Å²) >= 11 is 0. The van der Waals surface area contributed by atoms with Crippen LogP contribution in [-0.2, 0) is 19.4 Å². The number of imidazole rings is 1. The molecule has 0 radical (unpaired) electrons. The highest BCUT2D eigenvalue weighted by Gasteiger charge is 2.09. The second-order valence-electron chi connectivity index (χ2n) is 6.36. The number of rotatable bonds is 9. The fraction of sp³-hybridized carbons (Fsp3) is 0.381. The Morgan fingerprint density at radius 2 is 1.58 bits per heavy atom. The minimum atomic E-state index is 0.785. The molecule has 0 saturated heterocycles. The molecular weight excluding hydrogens is 294 g/mol. The highest BCUT2D eigenvalue weighted by Crippen LogP contribution is 2.19. The lowest BCUT2D eigenvalue weighted by Gasteiger charge is -2.09. The Bertz CT molecular complexity index is 746. The van der Waals surface area contributed by atoms with Crippen LogP contribution in [0, 0.1) is 0 Å². The molecule has 0 unspecified atom stereocenters. The van der Waals surface area contributed by atoms with Gasteiger partial charge < -0.3 is 10.3 Å². The van der Waals surface area contributed by atoms with Crippen LogP contribution in [0.4, 0.5) is 0 Å². The summed E-state index contributed by atoms with van der Waals surface area (Å²) in [5, 5.41) is 0. The fourth-order valence-corrected chi connectivity index (χ4v) is 3.26. The SMILES string of the molecule is NCCCCCc1nc2ccccc2n1CCCc1ccccc1. The van der Waals surface area contributed by atoms with Crippen LogP contribution < -0.4 is 5.73 Å². The zero-order valence-electron chi connectivity index (χ0n) is 14.3. The molecule has 0 aliphatic carbocycles. The van der Waals surface area contributed by atoms with Crippen molar-refractivity contribution < 1.29 is 0 Å². The van der Waals surface area contributed by atoms with Crippen LogP contribution in [0.1, 0.15) is 37.1 Å². The summed E-state index contributed by atoms with van der Waals surface area (Å²) in [6.45, 7) is 1.81. The van der Waals surface area contributed by atoms with Crippen molar-refractivity contribution in [3.8, 4) is 0 Å². The quantitative estimate of drug-likeness (QED) is 0.596. The molecule has 1 heterocycles. The minimum absolute atomic E-state index is 0.785. The number of aromatic nitrogens is 2. The first kappa shape index (κ1) is 16.7. The summed E-state index contributed by atoms with van der Waals surface area (Å²) in [5.41, 5.74) is 9.39. The van der Waals surface area contributed by atoms with Gasteiger partial charge in [0.15, 0.2) is 0 Å². The lowest BCUT2D eigenvalue weighted by molar-refractivity contribution is 0.598. The number of fused-ring (bicyclic) bond motifs is 1. The molecule has 1 aromatic heterocycles. The molecule has 3 rings (SSSR count). The number of unbranched alkanes of at least 4 members (excludes halogenated alkanes) is 2. The van der Waals surface area contributed by atoms with Crippen molar-refractivity contribution in [3.63, 3.8) is 0 Å². The minimum Gasteiger partial charge on any atom is -0.330 e. The number of nitrogens with two attached hydrogens (primary N) is 1. The summed E-state index contributed by atoms with van der Waals surface area (Å²) in [7, 11) is 0. The van der Waals surface area contributed by atoms with Gasteiger partial charge in [0.05, 0.1) is 11.0 Å². The van der Waals surface area contributed by atoms with Gasteiger partial charge in [-0.05, 0) is 49.9 Å². The van der Waals surface area contributed by atoms with E-state index in [1.54, 1.807) is 0 Å². The molecule has 2 aromatic carbocycles. The first-order valence-corrected chi connectivity index (χ1v) is 9.06. The van der Waals surface area contributed by atoms with Crippen LogP contribution in [0.2, 0.25) is 0 Å². The van der Waals surface area contributed by atoms with Gasteiger partial charge in [0.1, 0.15) is 5.82 Å². The monoisotopic (exact) mass is 321 g/mol. The van der Waals surface area contributed by atoms with E-state index < -0.39 is 0 Å². The summed E-state index contributed by atoms with van der Waals surface area (Å²) in [4.78, 5) is 4.87. The molecule has 0 fully saturated rings. The second kappa shape index (κ2) is 8.65. The maximum absolute atomic E-state index is 5.60. The molecular formula is C21H27N3. The van der Waals surface area contributed by atoms with E-state index in [2.05, 4.69) is 59.2 Å². The van der Waals surface area contributed by atoms with E-state index in [1.807, 2.05) is 0 Å². The second-order valence-corrected chi connectivity index (χ2v) is 6.36. The Hall–Kier alpha value is -2.13. The van der Waals surface area contributed by atoms with E-state index in [0.29, 0.717) is 0 Å². The van der Waals surface area contributed by atoms with Crippen molar-refractivity contribution in [2.75, 3.05) is 6.54 Å². The molecule has 3 aromatic rings. The van der Waals surface area contributed by atoms with Crippen molar-refractivity contribution in [1.82, 2.24) is 9.55 Å². The normalized spacial score (nSPS) is 11.2. The zero-order chi connectivity index (χ0) is 16.6. The summed E-state index contributed by atoms with van der Waals surface area (Å²) in [6, 6.07) is 19.2.